The Bertz CT molecular complexity index is 1240. The number of alkyl halides is 6. The molecule has 1 amide bonds. The van der Waals surface area contributed by atoms with Crippen molar-refractivity contribution in [1.29, 1.82) is 0 Å². The Morgan fingerprint density at radius 2 is 2.00 bits per heavy atom. The lowest BCUT2D eigenvalue weighted by atomic mass is 10.1. The van der Waals surface area contributed by atoms with Crippen LogP contribution < -0.4 is 15.8 Å². The van der Waals surface area contributed by atoms with Crippen molar-refractivity contribution < 1.29 is 40.6 Å². The number of ether oxygens (including phenoxy) is 2. The van der Waals surface area contributed by atoms with E-state index in [2.05, 4.69) is 20.4 Å². The molecule has 1 unspecified atom stereocenters. The van der Waals surface area contributed by atoms with Crippen molar-refractivity contribution >= 4 is 17.4 Å². The molecule has 2 atom stereocenters. The van der Waals surface area contributed by atoms with Crippen LogP contribution in [0.2, 0.25) is 0 Å². The fourth-order valence-electron chi connectivity index (χ4n) is 4.36. The van der Waals surface area contributed by atoms with E-state index in [1.165, 1.54) is 0 Å². The third-order valence-electron chi connectivity index (χ3n) is 6.14. The van der Waals surface area contributed by atoms with Crippen molar-refractivity contribution in [1.82, 2.24) is 25.1 Å². The lowest BCUT2D eigenvalue weighted by Gasteiger charge is -2.41. The first-order chi connectivity index (χ1) is 18.3. The summed E-state index contributed by atoms with van der Waals surface area (Å²) in [7, 11) is 0. The van der Waals surface area contributed by atoms with Gasteiger partial charge in [0.05, 0.1) is 57.0 Å². The molecule has 2 aromatic rings. The Morgan fingerprint density at radius 1 is 1.23 bits per heavy atom. The Hall–Kier alpha value is -3.47. The minimum Gasteiger partial charge on any atom is -0.379 e. The number of halogens is 6. The highest BCUT2D eigenvalue weighted by Gasteiger charge is 2.39. The van der Waals surface area contributed by atoms with E-state index in [0.717, 1.165) is 6.20 Å². The second kappa shape index (κ2) is 11.3. The molecule has 0 spiro atoms. The predicted molar refractivity (Wildman–Crippen MR) is 123 cm³/mol. The van der Waals surface area contributed by atoms with Gasteiger partial charge in [0, 0.05) is 25.7 Å². The first kappa shape index (κ1) is 28.5. The Morgan fingerprint density at radius 3 is 2.72 bits per heavy atom. The topological polar surface area (TPSA) is 126 Å². The van der Waals surface area contributed by atoms with Gasteiger partial charge in [-0.1, -0.05) is 0 Å². The number of nitrogens with one attached hydrogen (secondary N) is 2. The van der Waals surface area contributed by atoms with Crippen molar-refractivity contribution in [3.8, 4) is 0 Å². The van der Waals surface area contributed by atoms with Crippen molar-refractivity contribution in [2.45, 2.75) is 44.4 Å². The molecule has 4 heterocycles. The minimum absolute atomic E-state index is 0.000509. The van der Waals surface area contributed by atoms with Crippen LogP contribution in [0.1, 0.15) is 30.3 Å². The number of anilines is 2. The number of hydrogen-bond acceptors (Lipinski definition) is 9. The van der Waals surface area contributed by atoms with Crippen LogP contribution in [0.4, 0.5) is 37.8 Å². The van der Waals surface area contributed by atoms with E-state index in [9.17, 15) is 35.9 Å². The first-order valence-electron chi connectivity index (χ1n) is 11.9. The number of piperazine rings is 1. The molecule has 2 N–H and O–H groups in total. The SMILES string of the molecule is C[C@@H](COCCC(=O)N1CCN2c3ncc(C(F)(F)F)nc3COCC2C1)Nc1cn[nH]c(=O)c1C(F)(F)F. The molecule has 1 saturated heterocycles. The average molecular weight is 565 g/mol. The highest BCUT2D eigenvalue weighted by molar-refractivity contribution is 5.76. The molecule has 17 heteroatoms. The van der Waals surface area contributed by atoms with Crippen LogP contribution >= 0.6 is 0 Å². The summed E-state index contributed by atoms with van der Waals surface area (Å²) in [4.78, 5) is 35.3. The highest BCUT2D eigenvalue weighted by Crippen LogP contribution is 2.33. The standard InChI is InChI=1S/C22H25F6N7O4/c1-12(31-14-6-30-33-20(37)18(14)22(26,27)28)9-38-5-2-17(36)34-3-4-35-13(8-34)10-39-11-15-19(35)29-7-16(32-15)21(23,24)25/h6-7,12-13H,2-5,8-11H2,1H3,(H2,31,33,37)/t12-,13?/m0/s1. The molecule has 2 aromatic heterocycles. The Balaban J connectivity index is 1.26. The molecule has 0 aromatic carbocycles. The molecule has 2 aliphatic heterocycles. The monoisotopic (exact) mass is 565 g/mol. The van der Waals surface area contributed by atoms with Gasteiger partial charge in [-0.05, 0) is 6.92 Å². The molecule has 214 valence electrons. The number of fused-ring (bicyclic) bond motifs is 3. The maximum absolute atomic E-state index is 13.2. The Labute approximate surface area is 217 Å². The van der Waals surface area contributed by atoms with Crippen molar-refractivity contribution in [3.63, 3.8) is 0 Å². The van der Waals surface area contributed by atoms with E-state index in [4.69, 9.17) is 9.47 Å². The number of hydrogen-bond donors (Lipinski definition) is 2. The smallest absolute Gasteiger partial charge is 0.379 e. The molecule has 0 aliphatic carbocycles. The molecule has 0 saturated carbocycles. The molecule has 0 bridgehead atoms. The number of aromatic nitrogens is 4. The normalized spacial score (nSPS) is 18.7. The second-order valence-corrected chi connectivity index (χ2v) is 9.08. The number of rotatable bonds is 7. The Kier molecular flexibility index (Phi) is 8.29. The van der Waals surface area contributed by atoms with Gasteiger partial charge in [0.1, 0.15) is 11.3 Å². The third-order valence-corrected chi connectivity index (χ3v) is 6.14. The van der Waals surface area contributed by atoms with Gasteiger partial charge >= 0.3 is 12.4 Å². The fourth-order valence-corrected chi connectivity index (χ4v) is 4.36. The van der Waals surface area contributed by atoms with E-state index < -0.39 is 40.9 Å². The van der Waals surface area contributed by atoms with Crippen LogP contribution in [-0.4, -0.2) is 82.5 Å². The summed E-state index contributed by atoms with van der Waals surface area (Å²) in [5.41, 5.74) is -4.26. The lowest BCUT2D eigenvalue weighted by Crippen LogP contribution is -2.56. The summed E-state index contributed by atoms with van der Waals surface area (Å²) in [6.45, 7) is 2.41. The third kappa shape index (κ3) is 6.76. The molecule has 2 aliphatic rings. The maximum atomic E-state index is 13.2. The van der Waals surface area contributed by atoms with Gasteiger partial charge in [-0.3, -0.25) is 9.59 Å². The van der Waals surface area contributed by atoms with Crippen LogP contribution in [0.3, 0.4) is 0 Å². The van der Waals surface area contributed by atoms with Crippen molar-refractivity contribution in [2.24, 2.45) is 0 Å². The number of nitrogens with zero attached hydrogens (tertiary/aromatic N) is 5. The van der Waals surface area contributed by atoms with Crippen molar-refractivity contribution in [3.05, 3.63) is 39.7 Å². The molecule has 0 radical (unpaired) electrons. The van der Waals surface area contributed by atoms with E-state index in [-0.39, 0.29) is 57.0 Å². The number of H-pyrrole nitrogens is 1. The number of carbonyl (C=O) groups is 1. The number of amides is 1. The lowest BCUT2D eigenvalue weighted by molar-refractivity contribution is -0.141. The molecule has 39 heavy (non-hydrogen) atoms. The van der Waals surface area contributed by atoms with Crippen LogP contribution in [0, 0.1) is 0 Å². The summed E-state index contributed by atoms with van der Waals surface area (Å²) in [5, 5.41) is 7.69. The van der Waals surface area contributed by atoms with Gasteiger partial charge in [-0.2, -0.15) is 31.4 Å². The van der Waals surface area contributed by atoms with Gasteiger partial charge in [0.2, 0.25) is 5.91 Å². The summed E-state index contributed by atoms with van der Waals surface area (Å²) in [6, 6.07) is -0.957. The van der Waals surface area contributed by atoms with Gasteiger partial charge in [-0.25, -0.2) is 15.1 Å². The zero-order valence-electron chi connectivity index (χ0n) is 20.6. The molecular formula is C22H25F6N7O4. The van der Waals surface area contributed by atoms with Crippen LogP contribution in [0.5, 0.6) is 0 Å². The minimum atomic E-state index is -4.88. The zero-order chi connectivity index (χ0) is 28.4. The maximum Gasteiger partial charge on any atom is 0.434 e. The second-order valence-electron chi connectivity index (χ2n) is 9.08. The summed E-state index contributed by atoms with van der Waals surface area (Å²) in [5.74, 6) is 0.0723. The predicted octanol–water partition coefficient (Wildman–Crippen LogP) is 2.05. The molecule has 4 rings (SSSR count). The summed E-state index contributed by atoms with van der Waals surface area (Å²) >= 11 is 0. The molecule has 11 nitrogen and oxygen atoms in total. The fraction of sp³-hybridized carbons (Fsp3) is 0.591. The van der Waals surface area contributed by atoms with Gasteiger partial charge in [-0.15, -0.1) is 0 Å². The van der Waals surface area contributed by atoms with Gasteiger partial charge in [0.15, 0.2) is 11.5 Å². The zero-order valence-corrected chi connectivity index (χ0v) is 20.6. The number of aromatic amines is 1. The van der Waals surface area contributed by atoms with Crippen molar-refractivity contribution in [2.75, 3.05) is 49.7 Å². The summed E-state index contributed by atoms with van der Waals surface area (Å²) < 4.78 is 89.5. The average Bonchev–Trinajstić information content (AvgIpc) is 3.03. The van der Waals surface area contributed by atoms with Crippen LogP contribution in [0.15, 0.2) is 17.2 Å². The van der Waals surface area contributed by atoms with Crippen LogP contribution in [0.25, 0.3) is 0 Å². The first-order valence-corrected chi connectivity index (χ1v) is 11.9. The van der Waals surface area contributed by atoms with Gasteiger partial charge < -0.3 is 24.6 Å². The van der Waals surface area contributed by atoms with Gasteiger partial charge in [0.25, 0.3) is 5.56 Å². The van der Waals surface area contributed by atoms with E-state index in [0.29, 0.717) is 25.1 Å². The van der Waals surface area contributed by atoms with E-state index >= 15 is 0 Å². The highest BCUT2D eigenvalue weighted by atomic mass is 19.4. The van der Waals surface area contributed by atoms with Crippen LogP contribution in [-0.2, 0) is 33.2 Å². The molecule has 1 fully saturated rings. The summed E-state index contributed by atoms with van der Waals surface area (Å²) in [6.07, 6.45) is -7.95. The number of carbonyl (C=O) groups excluding carboxylic acids is 1. The quantitative estimate of drug-likeness (QED) is 0.383. The van der Waals surface area contributed by atoms with E-state index in [1.54, 1.807) is 21.8 Å². The van der Waals surface area contributed by atoms with E-state index in [1.807, 2.05) is 0 Å². The largest absolute Gasteiger partial charge is 0.434 e. The molecular weight excluding hydrogens is 540 g/mol.